The number of carboxylic acid groups (broad SMARTS) is 1. The fraction of sp³-hybridized carbons (Fsp3) is 0.900. The van der Waals surface area contributed by atoms with Crippen LogP contribution in [0, 0.1) is 5.92 Å². The smallest absolute Gasteiger partial charge is 0.322 e. The van der Waals surface area contributed by atoms with E-state index >= 15 is 0 Å². The first-order valence-electron chi connectivity index (χ1n) is 5.26. The van der Waals surface area contributed by atoms with Crippen molar-refractivity contribution < 1.29 is 9.90 Å². The molecule has 4 heteroatoms. The van der Waals surface area contributed by atoms with Crippen molar-refractivity contribution in [1.29, 1.82) is 0 Å². The van der Waals surface area contributed by atoms with Crippen LogP contribution in [0.5, 0.6) is 0 Å². The molecule has 0 aliphatic carbocycles. The van der Waals surface area contributed by atoms with Crippen LogP contribution < -0.4 is 5.32 Å². The predicted molar refractivity (Wildman–Crippen MR) is 55.3 cm³/mol. The summed E-state index contributed by atoms with van der Waals surface area (Å²) in [5, 5.41) is 11.7. The van der Waals surface area contributed by atoms with Crippen molar-refractivity contribution in [3.63, 3.8) is 0 Å². The average molecular weight is 200 g/mol. The van der Waals surface area contributed by atoms with Gasteiger partial charge in [0.15, 0.2) is 0 Å². The van der Waals surface area contributed by atoms with Gasteiger partial charge in [0.05, 0.1) is 0 Å². The molecule has 1 fully saturated rings. The van der Waals surface area contributed by atoms with Crippen LogP contribution in [0.25, 0.3) is 0 Å². The molecule has 1 saturated heterocycles. The first-order chi connectivity index (χ1) is 6.63. The Balaban J connectivity index is 2.32. The van der Waals surface area contributed by atoms with Crippen LogP contribution in [0.3, 0.4) is 0 Å². The number of rotatable bonds is 4. The Morgan fingerprint density at radius 1 is 1.57 bits per heavy atom. The fourth-order valence-corrected chi connectivity index (χ4v) is 1.80. The second-order valence-corrected chi connectivity index (χ2v) is 4.16. The number of hydrogen-bond donors (Lipinski definition) is 2. The molecule has 0 saturated carbocycles. The van der Waals surface area contributed by atoms with E-state index in [0.717, 1.165) is 19.0 Å². The molecule has 0 aromatic carbocycles. The van der Waals surface area contributed by atoms with Crippen LogP contribution in [0.15, 0.2) is 0 Å². The van der Waals surface area contributed by atoms with Gasteiger partial charge in [0.25, 0.3) is 0 Å². The third kappa shape index (κ3) is 3.27. The molecule has 1 unspecified atom stereocenters. The number of carbonyl (C=O) groups is 1. The van der Waals surface area contributed by atoms with E-state index in [-0.39, 0.29) is 0 Å². The summed E-state index contributed by atoms with van der Waals surface area (Å²) in [6.07, 6.45) is 2.38. The van der Waals surface area contributed by atoms with E-state index in [9.17, 15) is 4.79 Å². The Labute approximate surface area is 85.3 Å². The molecule has 1 atom stereocenters. The van der Waals surface area contributed by atoms with Crippen molar-refractivity contribution in [2.75, 3.05) is 26.7 Å². The lowest BCUT2D eigenvalue weighted by molar-refractivity contribution is -0.139. The van der Waals surface area contributed by atoms with Gasteiger partial charge in [-0.25, -0.2) is 0 Å². The minimum Gasteiger partial charge on any atom is -0.480 e. The quantitative estimate of drug-likeness (QED) is 0.689. The van der Waals surface area contributed by atoms with Crippen LogP contribution in [-0.4, -0.2) is 48.7 Å². The van der Waals surface area contributed by atoms with E-state index in [1.807, 2.05) is 0 Å². The van der Waals surface area contributed by atoms with Crippen LogP contribution in [0.2, 0.25) is 0 Å². The Morgan fingerprint density at radius 3 is 2.57 bits per heavy atom. The van der Waals surface area contributed by atoms with Gasteiger partial charge in [0.1, 0.15) is 6.04 Å². The summed E-state index contributed by atoms with van der Waals surface area (Å²) in [5.74, 6) is 0.0373. The zero-order chi connectivity index (χ0) is 10.6. The summed E-state index contributed by atoms with van der Waals surface area (Å²) in [4.78, 5) is 13.0. The minimum atomic E-state index is -0.758. The number of piperidine rings is 1. The molecule has 1 aliphatic heterocycles. The Morgan fingerprint density at radius 2 is 2.14 bits per heavy atom. The Kier molecular flexibility index (Phi) is 4.35. The highest BCUT2D eigenvalue weighted by Crippen LogP contribution is 2.15. The maximum Gasteiger partial charge on any atom is 0.322 e. The Hall–Kier alpha value is -0.610. The zero-order valence-corrected chi connectivity index (χ0v) is 8.99. The van der Waals surface area contributed by atoms with Crippen molar-refractivity contribution in [2.24, 2.45) is 5.92 Å². The van der Waals surface area contributed by atoms with E-state index in [4.69, 9.17) is 5.11 Å². The van der Waals surface area contributed by atoms with Crippen molar-refractivity contribution in [2.45, 2.75) is 25.8 Å². The highest BCUT2D eigenvalue weighted by molar-refractivity contribution is 5.73. The number of aliphatic carboxylic acids is 1. The molecule has 0 aromatic rings. The average Bonchev–Trinajstić information content (AvgIpc) is 2.16. The molecule has 0 radical (unpaired) electrons. The molecule has 0 aromatic heterocycles. The summed E-state index contributed by atoms with van der Waals surface area (Å²) < 4.78 is 0. The molecular weight excluding hydrogens is 180 g/mol. The number of nitrogens with zero attached hydrogens (tertiary/aromatic N) is 1. The standard InChI is InChI=1S/C10H20N2O2/c1-8-3-5-12(6-4-8)7-9(11-2)10(13)14/h8-9,11H,3-7H2,1-2H3,(H,13,14). The Bertz CT molecular complexity index is 189. The molecule has 1 heterocycles. The lowest BCUT2D eigenvalue weighted by atomic mass is 9.99. The largest absolute Gasteiger partial charge is 0.480 e. The van der Waals surface area contributed by atoms with E-state index in [1.54, 1.807) is 7.05 Å². The summed E-state index contributed by atoms with van der Waals surface area (Å²) >= 11 is 0. The lowest BCUT2D eigenvalue weighted by Crippen LogP contribution is -2.46. The van der Waals surface area contributed by atoms with Gasteiger partial charge in [0.2, 0.25) is 0 Å². The molecular formula is C10H20N2O2. The molecule has 0 bridgehead atoms. The molecule has 0 amide bonds. The molecule has 14 heavy (non-hydrogen) atoms. The monoisotopic (exact) mass is 200 g/mol. The fourth-order valence-electron chi connectivity index (χ4n) is 1.80. The van der Waals surface area contributed by atoms with Crippen LogP contribution >= 0.6 is 0 Å². The summed E-state index contributed by atoms with van der Waals surface area (Å²) in [6.45, 7) is 4.95. The molecule has 0 spiro atoms. The maximum absolute atomic E-state index is 10.8. The van der Waals surface area contributed by atoms with Gasteiger partial charge in [-0.2, -0.15) is 0 Å². The second-order valence-electron chi connectivity index (χ2n) is 4.16. The normalized spacial score (nSPS) is 22.1. The lowest BCUT2D eigenvalue weighted by Gasteiger charge is -2.31. The molecule has 4 nitrogen and oxygen atoms in total. The van der Waals surface area contributed by atoms with E-state index < -0.39 is 12.0 Å². The summed E-state index contributed by atoms with van der Waals surface area (Å²) in [6, 6.07) is -0.427. The van der Waals surface area contributed by atoms with Gasteiger partial charge in [0, 0.05) is 6.54 Å². The third-order valence-corrected chi connectivity index (χ3v) is 2.96. The zero-order valence-electron chi connectivity index (χ0n) is 8.99. The second kappa shape index (κ2) is 5.32. The van der Waals surface area contributed by atoms with Crippen LogP contribution in [-0.2, 0) is 4.79 Å². The summed E-state index contributed by atoms with van der Waals surface area (Å²) in [7, 11) is 1.70. The van der Waals surface area contributed by atoms with Crippen LogP contribution in [0.1, 0.15) is 19.8 Å². The number of likely N-dealkylation sites (tertiary alicyclic amines) is 1. The number of hydrogen-bond acceptors (Lipinski definition) is 3. The number of likely N-dealkylation sites (N-methyl/N-ethyl adjacent to an activating group) is 1. The topological polar surface area (TPSA) is 52.6 Å². The summed E-state index contributed by atoms with van der Waals surface area (Å²) in [5.41, 5.74) is 0. The van der Waals surface area contributed by atoms with Gasteiger partial charge in [-0.1, -0.05) is 6.92 Å². The third-order valence-electron chi connectivity index (χ3n) is 2.96. The maximum atomic E-state index is 10.8. The van der Waals surface area contributed by atoms with E-state index in [2.05, 4.69) is 17.1 Å². The van der Waals surface area contributed by atoms with Gasteiger partial charge >= 0.3 is 5.97 Å². The highest BCUT2D eigenvalue weighted by atomic mass is 16.4. The number of nitrogens with one attached hydrogen (secondary N) is 1. The van der Waals surface area contributed by atoms with E-state index in [0.29, 0.717) is 6.54 Å². The highest BCUT2D eigenvalue weighted by Gasteiger charge is 2.22. The van der Waals surface area contributed by atoms with Gasteiger partial charge in [-0.15, -0.1) is 0 Å². The van der Waals surface area contributed by atoms with Crippen molar-refractivity contribution in [3.8, 4) is 0 Å². The van der Waals surface area contributed by atoms with Crippen molar-refractivity contribution in [1.82, 2.24) is 10.2 Å². The van der Waals surface area contributed by atoms with Gasteiger partial charge in [-0.3, -0.25) is 4.79 Å². The molecule has 1 aliphatic rings. The predicted octanol–water partition coefficient (Wildman–Crippen LogP) is 0.391. The van der Waals surface area contributed by atoms with Gasteiger partial charge < -0.3 is 15.3 Å². The van der Waals surface area contributed by atoms with Gasteiger partial charge in [-0.05, 0) is 38.9 Å². The molecule has 1 rings (SSSR count). The first-order valence-corrected chi connectivity index (χ1v) is 5.26. The first kappa shape index (κ1) is 11.5. The number of carboxylic acids is 1. The van der Waals surface area contributed by atoms with E-state index in [1.165, 1.54) is 12.8 Å². The van der Waals surface area contributed by atoms with Crippen LogP contribution in [0.4, 0.5) is 0 Å². The molecule has 2 N–H and O–H groups in total. The molecule has 82 valence electrons. The minimum absolute atomic E-state index is 0.427. The van der Waals surface area contributed by atoms with Crippen molar-refractivity contribution >= 4 is 5.97 Å². The van der Waals surface area contributed by atoms with Crippen molar-refractivity contribution in [3.05, 3.63) is 0 Å². The SMILES string of the molecule is CNC(CN1CCC(C)CC1)C(=O)O.